The van der Waals surface area contributed by atoms with Crippen molar-refractivity contribution in [1.29, 1.82) is 0 Å². The molecule has 0 fully saturated rings. The normalized spacial score (nSPS) is 10.5. The Kier molecular flexibility index (Phi) is 7.68. The number of aryl methyl sites for hydroxylation is 1. The summed E-state index contributed by atoms with van der Waals surface area (Å²) >= 11 is 0. The van der Waals surface area contributed by atoms with Crippen LogP contribution in [-0.2, 0) is 4.74 Å². The molecule has 0 atom stereocenters. The quantitative estimate of drug-likeness (QED) is 0.706. The van der Waals surface area contributed by atoms with Crippen molar-refractivity contribution >= 4 is 11.9 Å². The molecule has 0 aliphatic carbocycles. The number of carbonyl (C=O) groups is 1. The van der Waals surface area contributed by atoms with Gasteiger partial charge in [0.2, 0.25) is 5.95 Å². The maximum Gasteiger partial charge on any atom is 0.272 e. The molecule has 0 saturated carbocycles. The van der Waals surface area contributed by atoms with E-state index in [2.05, 4.69) is 29.1 Å². The Morgan fingerprint density at radius 1 is 1.29 bits per heavy atom. The van der Waals surface area contributed by atoms with Gasteiger partial charge in [0, 0.05) is 32.4 Å². The van der Waals surface area contributed by atoms with E-state index in [4.69, 9.17) is 4.74 Å². The first-order valence-corrected chi connectivity index (χ1v) is 7.50. The minimum absolute atomic E-state index is 0.0287. The maximum absolute atomic E-state index is 12.5. The van der Waals surface area contributed by atoms with Gasteiger partial charge in [0.25, 0.3) is 5.91 Å². The zero-order chi connectivity index (χ0) is 15.7. The van der Waals surface area contributed by atoms with Crippen LogP contribution in [0.1, 0.15) is 42.9 Å². The van der Waals surface area contributed by atoms with Crippen molar-refractivity contribution in [2.75, 3.05) is 38.7 Å². The largest absolute Gasteiger partial charge is 0.383 e. The fraction of sp³-hybridized carbons (Fsp3) is 0.667. The number of hydrogen-bond acceptors (Lipinski definition) is 5. The van der Waals surface area contributed by atoms with Crippen LogP contribution >= 0.6 is 0 Å². The van der Waals surface area contributed by atoms with E-state index in [1.54, 1.807) is 13.2 Å². The molecule has 0 aliphatic rings. The summed E-state index contributed by atoms with van der Waals surface area (Å²) in [5.41, 5.74) is 1.23. The van der Waals surface area contributed by atoms with Crippen LogP contribution in [0.3, 0.4) is 0 Å². The number of carbonyl (C=O) groups excluding carboxylic acids is 1. The number of rotatable bonds is 9. The summed E-state index contributed by atoms with van der Waals surface area (Å²) in [5.74, 6) is 0.447. The van der Waals surface area contributed by atoms with E-state index >= 15 is 0 Å². The van der Waals surface area contributed by atoms with E-state index in [9.17, 15) is 4.79 Å². The second-order valence-corrected chi connectivity index (χ2v) is 4.93. The first-order valence-electron chi connectivity index (χ1n) is 7.50. The highest BCUT2D eigenvalue weighted by atomic mass is 16.5. The summed E-state index contributed by atoms with van der Waals surface area (Å²) in [7, 11) is 1.64. The molecule has 6 heteroatoms. The Bertz CT molecular complexity index is 445. The molecule has 0 radical (unpaired) electrons. The molecule has 1 rings (SSSR count). The molecule has 1 heterocycles. The highest BCUT2D eigenvalue weighted by Crippen LogP contribution is 2.09. The second-order valence-electron chi connectivity index (χ2n) is 4.93. The van der Waals surface area contributed by atoms with Crippen LogP contribution in [0.25, 0.3) is 0 Å². The van der Waals surface area contributed by atoms with Gasteiger partial charge in [-0.3, -0.25) is 4.79 Å². The van der Waals surface area contributed by atoms with Gasteiger partial charge in [0.15, 0.2) is 0 Å². The monoisotopic (exact) mass is 294 g/mol. The van der Waals surface area contributed by atoms with Gasteiger partial charge < -0.3 is 15.0 Å². The number of aromatic nitrogens is 2. The van der Waals surface area contributed by atoms with Gasteiger partial charge in [0.05, 0.1) is 6.61 Å². The molecule has 1 N–H and O–H groups in total. The van der Waals surface area contributed by atoms with Crippen LogP contribution in [-0.4, -0.2) is 54.1 Å². The Morgan fingerprint density at radius 2 is 1.95 bits per heavy atom. The molecule has 0 aliphatic heterocycles. The molecule has 21 heavy (non-hydrogen) atoms. The van der Waals surface area contributed by atoms with Gasteiger partial charge in [-0.25, -0.2) is 9.97 Å². The van der Waals surface area contributed by atoms with E-state index in [-0.39, 0.29) is 5.91 Å². The average molecular weight is 294 g/mol. The molecule has 0 spiro atoms. The molecule has 1 aromatic heterocycles. The predicted molar refractivity (Wildman–Crippen MR) is 83.6 cm³/mol. The molecule has 118 valence electrons. The molecule has 0 aromatic carbocycles. The second kappa shape index (κ2) is 9.28. The number of nitrogens with zero attached hydrogens (tertiary/aromatic N) is 3. The number of amides is 1. The molecule has 0 bridgehead atoms. The fourth-order valence-electron chi connectivity index (χ4n) is 2.04. The average Bonchev–Trinajstić information content (AvgIpc) is 2.46. The van der Waals surface area contributed by atoms with Crippen molar-refractivity contribution in [3.63, 3.8) is 0 Å². The van der Waals surface area contributed by atoms with Crippen LogP contribution < -0.4 is 5.32 Å². The van der Waals surface area contributed by atoms with Crippen LogP contribution in [0.15, 0.2) is 6.07 Å². The van der Waals surface area contributed by atoms with Gasteiger partial charge in [-0.2, -0.15) is 0 Å². The Labute approximate surface area is 126 Å². The predicted octanol–water partition coefficient (Wildman–Crippen LogP) is 2.11. The first-order chi connectivity index (χ1) is 10.1. The third kappa shape index (κ3) is 5.67. The van der Waals surface area contributed by atoms with Crippen molar-refractivity contribution in [3.8, 4) is 0 Å². The van der Waals surface area contributed by atoms with Crippen LogP contribution in [0.2, 0.25) is 0 Å². The Hall–Kier alpha value is -1.69. The molecule has 0 saturated heterocycles. The van der Waals surface area contributed by atoms with Gasteiger partial charge in [0.1, 0.15) is 5.69 Å². The summed E-state index contributed by atoms with van der Waals surface area (Å²) in [4.78, 5) is 23.0. The molecular formula is C15H26N4O2. The molecule has 6 nitrogen and oxygen atoms in total. The van der Waals surface area contributed by atoms with E-state index in [0.29, 0.717) is 24.8 Å². The smallest absolute Gasteiger partial charge is 0.272 e. The Balaban J connectivity index is 2.86. The Morgan fingerprint density at radius 3 is 2.52 bits per heavy atom. The fourth-order valence-corrected chi connectivity index (χ4v) is 2.04. The topological polar surface area (TPSA) is 67.4 Å². The van der Waals surface area contributed by atoms with Crippen molar-refractivity contribution in [2.45, 2.75) is 33.6 Å². The molecule has 1 aromatic rings. The minimum atomic E-state index is -0.0287. The van der Waals surface area contributed by atoms with Crippen LogP contribution in [0, 0.1) is 6.92 Å². The van der Waals surface area contributed by atoms with Crippen molar-refractivity contribution in [3.05, 3.63) is 17.5 Å². The number of methoxy groups -OCH3 is 1. The number of anilines is 1. The third-order valence-corrected chi connectivity index (χ3v) is 2.94. The summed E-state index contributed by atoms with van der Waals surface area (Å²) in [6.07, 6.45) is 1.88. The van der Waals surface area contributed by atoms with Gasteiger partial charge in [-0.05, 0) is 25.8 Å². The summed E-state index contributed by atoms with van der Waals surface area (Å²) in [6, 6.07) is 1.74. The van der Waals surface area contributed by atoms with Crippen molar-refractivity contribution in [2.24, 2.45) is 0 Å². The SMILES string of the molecule is CCCN(CCC)C(=O)c1cc(C)nc(NCCOC)n1. The standard InChI is InChI=1S/C15H26N4O2/c1-5-8-19(9-6-2)14(20)13-11-12(3)17-15(18-13)16-7-10-21-4/h11H,5-10H2,1-4H3,(H,16,17,18). The van der Waals surface area contributed by atoms with Crippen LogP contribution in [0.4, 0.5) is 5.95 Å². The number of ether oxygens (including phenoxy) is 1. The number of nitrogens with one attached hydrogen (secondary N) is 1. The van der Waals surface area contributed by atoms with E-state index in [1.165, 1.54) is 0 Å². The molecule has 0 unspecified atom stereocenters. The number of hydrogen-bond donors (Lipinski definition) is 1. The summed E-state index contributed by atoms with van der Waals surface area (Å²) in [5, 5.41) is 3.07. The first kappa shape index (κ1) is 17.4. The van der Waals surface area contributed by atoms with Gasteiger partial charge >= 0.3 is 0 Å². The third-order valence-electron chi connectivity index (χ3n) is 2.94. The lowest BCUT2D eigenvalue weighted by Crippen LogP contribution is -2.33. The lowest BCUT2D eigenvalue weighted by molar-refractivity contribution is 0.0749. The van der Waals surface area contributed by atoms with Crippen molar-refractivity contribution < 1.29 is 9.53 Å². The van der Waals surface area contributed by atoms with Gasteiger partial charge in [-0.15, -0.1) is 0 Å². The van der Waals surface area contributed by atoms with E-state index < -0.39 is 0 Å². The minimum Gasteiger partial charge on any atom is -0.383 e. The van der Waals surface area contributed by atoms with Crippen LogP contribution in [0.5, 0.6) is 0 Å². The maximum atomic E-state index is 12.5. The highest BCUT2D eigenvalue weighted by Gasteiger charge is 2.17. The lowest BCUT2D eigenvalue weighted by atomic mass is 10.2. The lowest BCUT2D eigenvalue weighted by Gasteiger charge is -2.21. The molecule has 1 amide bonds. The van der Waals surface area contributed by atoms with Crippen molar-refractivity contribution in [1.82, 2.24) is 14.9 Å². The highest BCUT2D eigenvalue weighted by molar-refractivity contribution is 5.92. The summed E-state index contributed by atoms with van der Waals surface area (Å²) in [6.45, 7) is 8.69. The zero-order valence-electron chi connectivity index (χ0n) is 13.5. The van der Waals surface area contributed by atoms with E-state index in [0.717, 1.165) is 31.6 Å². The zero-order valence-corrected chi connectivity index (χ0v) is 13.5. The summed E-state index contributed by atoms with van der Waals surface area (Å²) < 4.78 is 4.98. The molecular weight excluding hydrogens is 268 g/mol. The van der Waals surface area contributed by atoms with E-state index in [1.807, 2.05) is 11.8 Å². The van der Waals surface area contributed by atoms with Gasteiger partial charge in [-0.1, -0.05) is 13.8 Å².